The third kappa shape index (κ3) is 4.81. The Balaban J connectivity index is 2.16. The molecule has 1 atom stereocenters. The number of amides is 1. The molecule has 4 nitrogen and oxygen atoms in total. The van der Waals surface area contributed by atoms with E-state index >= 15 is 0 Å². The molecule has 0 saturated heterocycles. The van der Waals surface area contributed by atoms with Crippen LogP contribution in [0.5, 0.6) is 0 Å². The van der Waals surface area contributed by atoms with Crippen LogP contribution in [0.4, 0.5) is 0 Å². The Bertz CT molecular complexity index is 703. The summed E-state index contributed by atoms with van der Waals surface area (Å²) in [5.41, 5.74) is 1.33. The van der Waals surface area contributed by atoms with Gasteiger partial charge in [0.2, 0.25) is 0 Å². The second-order valence-corrected chi connectivity index (χ2v) is 6.14. The molecule has 0 unspecified atom stereocenters. The van der Waals surface area contributed by atoms with E-state index < -0.39 is 12.0 Å². The molecular formula is C17H15BrClNO3. The molecule has 0 heterocycles. The molecule has 23 heavy (non-hydrogen) atoms. The van der Waals surface area contributed by atoms with Crippen molar-refractivity contribution < 1.29 is 14.3 Å². The Morgan fingerprint density at radius 1 is 1.17 bits per heavy atom. The van der Waals surface area contributed by atoms with Gasteiger partial charge in [0.05, 0.1) is 7.11 Å². The van der Waals surface area contributed by atoms with E-state index in [1.165, 1.54) is 7.11 Å². The number of benzene rings is 2. The van der Waals surface area contributed by atoms with Crippen LogP contribution in [0.25, 0.3) is 0 Å². The Labute approximate surface area is 147 Å². The molecule has 0 aromatic heterocycles. The minimum Gasteiger partial charge on any atom is -0.467 e. The van der Waals surface area contributed by atoms with Gasteiger partial charge in [-0.1, -0.05) is 45.7 Å². The van der Waals surface area contributed by atoms with Crippen molar-refractivity contribution in [3.63, 3.8) is 0 Å². The number of hydrogen-bond donors (Lipinski definition) is 1. The Morgan fingerprint density at radius 2 is 1.83 bits per heavy atom. The molecule has 1 amide bonds. The lowest BCUT2D eigenvalue weighted by Crippen LogP contribution is -2.43. The standard InChI is InChI=1S/C17H15BrClNO3/c1-23-17(22)15(10-12-4-2-3-5-14(12)18)20-16(21)11-6-8-13(19)9-7-11/h2-9,15H,10H2,1H3,(H,20,21)/t15-/m1/s1. The number of rotatable bonds is 5. The van der Waals surface area contributed by atoms with Gasteiger partial charge in [0.25, 0.3) is 5.91 Å². The summed E-state index contributed by atoms with van der Waals surface area (Å²) in [5.74, 6) is -0.854. The zero-order valence-electron chi connectivity index (χ0n) is 12.4. The van der Waals surface area contributed by atoms with Crippen molar-refractivity contribution in [1.29, 1.82) is 0 Å². The number of hydrogen-bond acceptors (Lipinski definition) is 3. The Kier molecular flexibility index (Phi) is 6.19. The summed E-state index contributed by atoms with van der Waals surface area (Å²) < 4.78 is 5.66. The van der Waals surface area contributed by atoms with Gasteiger partial charge in [-0.15, -0.1) is 0 Å². The topological polar surface area (TPSA) is 55.4 Å². The van der Waals surface area contributed by atoms with Gasteiger partial charge >= 0.3 is 5.97 Å². The van der Waals surface area contributed by atoms with Crippen LogP contribution in [0, 0.1) is 0 Å². The quantitative estimate of drug-likeness (QED) is 0.786. The van der Waals surface area contributed by atoms with E-state index in [9.17, 15) is 9.59 Å². The highest BCUT2D eigenvalue weighted by Gasteiger charge is 2.23. The largest absolute Gasteiger partial charge is 0.467 e. The third-order valence-electron chi connectivity index (χ3n) is 3.28. The molecule has 0 bridgehead atoms. The van der Waals surface area contributed by atoms with Crippen LogP contribution in [-0.2, 0) is 16.0 Å². The number of esters is 1. The molecule has 0 spiro atoms. The summed E-state index contributed by atoms with van der Waals surface area (Å²) in [6.07, 6.45) is 0.327. The minimum atomic E-state index is -0.776. The molecule has 120 valence electrons. The highest BCUT2D eigenvalue weighted by atomic mass is 79.9. The average Bonchev–Trinajstić information content (AvgIpc) is 2.56. The van der Waals surface area contributed by atoms with Crippen LogP contribution in [0.2, 0.25) is 5.02 Å². The summed E-state index contributed by atoms with van der Waals surface area (Å²) in [6.45, 7) is 0. The number of methoxy groups -OCH3 is 1. The molecular weight excluding hydrogens is 382 g/mol. The van der Waals surface area contributed by atoms with Crippen molar-refractivity contribution in [3.8, 4) is 0 Å². The first-order valence-corrected chi connectivity index (χ1v) is 8.06. The number of ether oxygens (including phenoxy) is 1. The molecule has 2 rings (SSSR count). The molecule has 2 aromatic rings. The lowest BCUT2D eigenvalue weighted by molar-refractivity contribution is -0.142. The Morgan fingerprint density at radius 3 is 2.43 bits per heavy atom. The van der Waals surface area contributed by atoms with Crippen LogP contribution < -0.4 is 5.32 Å². The smallest absolute Gasteiger partial charge is 0.328 e. The molecule has 0 aliphatic rings. The maximum Gasteiger partial charge on any atom is 0.328 e. The van der Waals surface area contributed by atoms with E-state index in [0.717, 1.165) is 10.0 Å². The summed E-state index contributed by atoms with van der Waals surface area (Å²) in [6, 6.07) is 13.2. The number of halogens is 2. The molecule has 6 heteroatoms. The Hall–Kier alpha value is -1.85. The van der Waals surface area contributed by atoms with Crippen LogP contribution >= 0.6 is 27.5 Å². The van der Waals surface area contributed by atoms with E-state index in [0.29, 0.717) is 17.0 Å². The van der Waals surface area contributed by atoms with Crippen molar-refractivity contribution in [2.45, 2.75) is 12.5 Å². The van der Waals surface area contributed by atoms with Gasteiger partial charge in [0.15, 0.2) is 0 Å². The molecule has 0 saturated carbocycles. The normalized spacial score (nSPS) is 11.6. The predicted molar refractivity (Wildman–Crippen MR) is 92.6 cm³/mol. The van der Waals surface area contributed by atoms with Crippen molar-refractivity contribution in [1.82, 2.24) is 5.32 Å². The third-order valence-corrected chi connectivity index (χ3v) is 4.30. The summed E-state index contributed by atoms with van der Waals surface area (Å²) in [5, 5.41) is 3.24. The molecule has 1 N–H and O–H groups in total. The average molecular weight is 397 g/mol. The van der Waals surface area contributed by atoms with Crippen LogP contribution in [0.15, 0.2) is 53.0 Å². The fourth-order valence-corrected chi connectivity index (χ4v) is 2.63. The van der Waals surface area contributed by atoms with Crippen LogP contribution in [0.1, 0.15) is 15.9 Å². The molecule has 2 aromatic carbocycles. The summed E-state index contributed by atoms with van der Waals surface area (Å²) >= 11 is 9.24. The maximum atomic E-state index is 12.3. The van der Waals surface area contributed by atoms with Crippen molar-refractivity contribution >= 4 is 39.4 Å². The van der Waals surface area contributed by atoms with E-state index in [4.69, 9.17) is 16.3 Å². The molecule has 0 radical (unpaired) electrons. The van der Waals surface area contributed by atoms with Gasteiger partial charge in [-0.25, -0.2) is 4.79 Å². The number of carbonyl (C=O) groups excluding carboxylic acids is 2. The lowest BCUT2D eigenvalue weighted by atomic mass is 10.1. The number of nitrogens with one attached hydrogen (secondary N) is 1. The lowest BCUT2D eigenvalue weighted by Gasteiger charge is -2.17. The van der Waals surface area contributed by atoms with E-state index in [2.05, 4.69) is 21.2 Å². The fraction of sp³-hybridized carbons (Fsp3) is 0.176. The number of carbonyl (C=O) groups is 2. The summed E-state index contributed by atoms with van der Waals surface area (Å²) in [7, 11) is 1.30. The second kappa shape index (κ2) is 8.13. The van der Waals surface area contributed by atoms with Gasteiger partial charge in [0.1, 0.15) is 6.04 Å². The first kappa shape index (κ1) is 17.5. The fourth-order valence-electron chi connectivity index (χ4n) is 2.06. The minimum absolute atomic E-state index is 0.327. The molecule has 0 aliphatic heterocycles. The predicted octanol–water partition coefficient (Wildman–Crippen LogP) is 3.62. The van der Waals surface area contributed by atoms with Gasteiger partial charge in [-0.2, -0.15) is 0 Å². The van der Waals surface area contributed by atoms with Crippen LogP contribution in [-0.4, -0.2) is 25.0 Å². The van der Waals surface area contributed by atoms with E-state index in [1.54, 1.807) is 24.3 Å². The van der Waals surface area contributed by atoms with Crippen molar-refractivity contribution in [2.75, 3.05) is 7.11 Å². The van der Waals surface area contributed by atoms with Crippen molar-refractivity contribution in [3.05, 3.63) is 69.2 Å². The first-order chi connectivity index (χ1) is 11.0. The van der Waals surface area contributed by atoms with Gasteiger partial charge in [0, 0.05) is 21.5 Å². The summed E-state index contributed by atoms with van der Waals surface area (Å²) in [4.78, 5) is 24.3. The maximum absolute atomic E-state index is 12.3. The van der Waals surface area contributed by atoms with E-state index in [-0.39, 0.29) is 5.91 Å². The zero-order valence-corrected chi connectivity index (χ0v) is 14.7. The van der Waals surface area contributed by atoms with Gasteiger partial charge < -0.3 is 10.1 Å². The molecule has 0 aliphatic carbocycles. The highest BCUT2D eigenvalue weighted by Crippen LogP contribution is 2.18. The van der Waals surface area contributed by atoms with Crippen LogP contribution in [0.3, 0.4) is 0 Å². The monoisotopic (exact) mass is 395 g/mol. The first-order valence-electron chi connectivity index (χ1n) is 6.89. The SMILES string of the molecule is COC(=O)[C@@H](Cc1ccccc1Br)NC(=O)c1ccc(Cl)cc1. The van der Waals surface area contributed by atoms with E-state index in [1.807, 2.05) is 24.3 Å². The van der Waals surface area contributed by atoms with Gasteiger partial charge in [-0.3, -0.25) is 4.79 Å². The van der Waals surface area contributed by atoms with Crippen molar-refractivity contribution in [2.24, 2.45) is 0 Å². The second-order valence-electron chi connectivity index (χ2n) is 4.85. The molecule has 0 fully saturated rings. The zero-order chi connectivity index (χ0) is 16.8. The highest BCUT2D eigenvalue weighted by molar-refractivity contribution is 9.10. The van der Waals surface area contributed by atoms with Gasteiger partial charge in [-0.05, 0) is 35.9 Å².